The zero-order chi connectivity index (χ0) is 27.2. The fourth-order valence-corrected chi connectivity index (χ4v) is 5.68. The van der Waals surface area contributed by atoms with Gasteiger partial charge in [-0.2, -0.15) is 0 Å². The fourth-order valence-electron chi connectivity index (χ4n) is 4.80. The summed E-state index contributed by atoms with van der Waals surface area (Å²) in [6, 6.07) is 13.5. The van der Waals surface area contributed by atoms with Crippen molar-refractivity contribution >= 4 is 55.8 Å². The molecular weight excluding hydrogens is 531 g/mol. The number of ketones is 1. The molecule has 0 aliphatic heterocycles. The van der Waals surface area contributed by atoms with Crippen molar-refractivity contribution in [2.75, 3.05) is 6.26 Å². The number of sulfonamides is 1. The van der Waals surface area contributed by atoms with Crippen molar-refractivity contribution in [3.05, 3.63) is 69.3 Å². The fraction of sp³-hybridized carbons (Fsp3) is 0.429. The largest absolute Gasteiger partial charge is 0.347 e. The van der Waals surface area contributed by atoms with E-state index in [9.17, 15) is 18.0 Å². The van der Waals surface area contributed by atoms with Crippen LogP contribution < -0.4 is 4.72 Å². The van der Waals surface area contributed by atoms with Crippen molar-refractivity contribution in [1.82, 2.24) is 9.29 Å². The van der Waals surface area contributed by atoms with Gasteiger partial charge >= 0.3 is 0 Å². The molecule has 9 heteroatoms. The first-order chi connectivity index (χ1) is 17.4. The van der Waals surface area contributed by atoms with Gasteiger partial charge in [-0.05, 0) is 67.5 Å². The number of halogens is 2. The Morgan fingerprint density at radius 3 is 2.30 bits per heavy atom. The minimum absolute atomic E-state index is 0.0493. The Morgan fingerprint density at radius 2 is 1.62 bits per heavy atom. The van der Waals surface area contributed by atoms with E-state index in [4.69, 9.17) is 23.2 Å². The number of aromatic nitrogens is 1. The molecule has 0 fully saturated rings. The molecule has 1 heterocycles. The van der Waals surface area contributed by atoms with Gasteiger partial charge in [-0.25, -0.2) is 8.42 Å². The number of fused-ring (bicyclic) bond motifs is 1. The van der Waals surface area contributed by atoms with Gasteiger partial charge in [0.1, 0.15) is 0 Å². The van der Waals surface area contributed by atoms with Gasteiger partial charge < -0.3 is 4.57 Å². The Hall–Kier alpha value is -2.35. The van der Waals surface area contributed by atoms with E-state index in [1.807, 2.05) is 48.2 Å². The first-order valence-corrected chi connectivity index (χ1v) is 15.1. The van der Waals surface area contributed by atoms with Gasteiger partial charge in [-0.3, -0.25) is 14.3 Å². The van der Waals surface area contributed by atoms with E-state index in [-0.39, 0.29) is 24.5 Å². The maximum Gasteiger partial charge on any atom is 0.233 e. The smallest absolute Gasteiger partial charge is 0.233 e. The van der Waals surface area contributed by atoms with E-state index in [2.05, 4.69) is 10.6 Å². The van der Waals surface area contributed by atoms with Crippen LogP contribution in [0.2, 0.25) is 10.0 Å². The van der Waals surface area contributed by atoms with Crippen LogP contribution in [0.5, 0.6) is 0 Å². The molecule has 1 atom stereocenters. The number of hydrogen-bond donors (Lipinski definition) is 1. The summed E-state index contributed by atoms with van der Waals surface area (Å²) >= 11 is 12.3. The van der Waals surface area contributed by atoms with Crippen LogP contribution in [0, 0.1) is 5.92 Å². The average molecular weight is 566 g/mol. The Labute approximate surface area is 229 Å². The standard InChI is InChI=1S/C28H34Cl2N2O4S/c1-19(16-27(34)31-37(3,35)36)15-26(33)28-23-18-22(30)13-14-24(23)32(2)25(28)12-7-5-4-6-9-20-10-8-11-21(29)17-20/h8,10-11,13-14,17-19H,4-7,9,12,15-16H2,1-3H3,(H,31,34)/t19-/m1/s1. The molecule has 6 nitrogen and oxygen atoms in total. The quantitative estimate of drug-likeness (QED) is 0.189. The van der Waals surface area contributed by atoms with Gasteiger partial charge in [0.15, 0.2) is 5.78 Å². The number of unbranched alkanes of at least 4 members (excludes halogenated alkanes) is 3. The van der Waals surface area contributed by atoms with Crippen molar-refractivity contribution < 1.29 is 18.0 Å². The molecule has 1 aromatic heterocycles. The molecule has 3 rings (SSSR count). The summed E-state index contributed by atoms with van der Waals surface area (Å²) in [6.45, 7) is 1.78. The van der Waals surface area contributed by atoms with Crippen LogP contribution in [0.3, 0.4) is 0 Å². The lowest BCUT2D eigenvalue weighted by Crippen LogP contribution is -2.30. The molecule has 3 aromatic rings. The SMILES string of the molecule is C[C@@H](CC(=O)NS(C)(=O)=O)CC(=O)c1c(CCCCCCc2cccc(Cl)c2)n(C)c2ccc(Cl)cc12. The van der Waals surface area contributed by atoms with Crippen LogP contribution in [0.4, 0.5) is 0 Å². The predicted molar refractivity (Wildman–Crippen MR) is 151 cm³/mol. The number of benzene rings is 2. The van der Waals surface area contributed by atoms with Crippen LogP contribution in [-0.4, -0.2) is 30.9 Å². The third-order valence-electron chi connectivity index (χ3n) is 6.45. The van der Waals surface area contributed by atoms with E-state index in [1.165, 1.54) is 5.56 Å². The maximum atomic E-state index is 13.5. The average Bonchev–Trinajstić information content (AvgIpc) is 3.05. The summed E-state index contributed by atoms with van der Waals surface area (Å²) in [4.78, 5) is 25.5. The van der Waals surface area contributed by atoms with Crippen molar-refractivity contribution in [3.63, 3.8) is 0 Å². The summed E-state index contributed by atoms with van der Waals surface area (Å²) in [5.41, 5.74) is 3.79. The Kier molecular flexibility index (Phi) is 10.2. The maximum absolute atomic E-state index is 13.5. The highest BCUT2D eigenvalue weighted by atomic mass is 35.5. The molecule has 0 spiro atoms. The number of carbonyl (C=O) groups is 2. The van der Waals surface area contributed by atoms with E-state index in [0.717, 1.165) is 66.4 Å². The minimum atomic E-state index is -3.63. The number of hydrogen-bond acceptors (Lipinski definition) is 4. The van der Waals surface area contributed by atoms with Crippen molar-refractivity contribution in [2.45, 2.75) is 58.3 Å². The molecule has 0 radical (unpaired) electrons. The van der Waals surface area contributed by atoms with Gasteiger partial charge in [0, 0.05) is 52.1 Å². The lowest BCUT2D eigenvalue weighted by atomic mass is 9.94. The summed E-state index contributed by atoms with van der Waals surface area (Å²) in [7, 11) is -1.67. The molecule has 0 unspecified atom stereocenters. The molecule has 0 aliphatic rings. The molecule has 0 saturated heterocycles. The number of amides is 1. The second-order valence-electron chi connectivity index (χ2n) is 9.82. The summed E-state index contributed by atoms with van der Waals surface area (Å²) in [5, 5.41) is 2.12. The lowest BCUT2D eigenvalue weighted by Gasteiger charge is -2.12. The number of nitrogens with zero attached hydrogens (tertiary/aromatic N) is 1. The lowest BCUT2D eigenvalue weighted by molar-refractivity contribution is -0.120. The van der Waals surface area contributed by atoms with E-state index in [0.29, 0.717) is 10.6 Å². The molecule has 0 aliphatic carbocycles. The van der Waals surface area contributed by atoms with Crippen LogP contribution in [0.1, 0.15) is 67.1 Å². The van der Waals surface area contributed by atoms with E-state index in [1.54, 1.807) is 6.92 Å². The van der Waals surface area contributed by atoms with Crippen molar-refractivity contribution in [3.8, 4) is 0 Å². The van der Waals surface area contributed by atoms with Gasteiger partial charge in [-0.1, -0.05) is 55.1 Å². The predicted octanol–water partition coefficient (Wildman–Crippen LogP) is 6.51. The summed E-state index contributed by atoms with van der Waals surface area (Å²) in [6.07, 6.45) is 6.90. The van der Waals surface area contributed by atoms with Crippen molar-refractivity contribution in [1.29, 1.82) is 0 Å². The summed E-state index contributed by atoms with van der Waals surface area (Å²) in [5.74, 6) is -0.992. The molecule has 200 valence electrons. The van der Waals surface area contributed by atoms with Crippen LogP contribution in [0.25, 0.3) is 10.9 Å². The highest BCUT2D eigenvalue weighted by Gasteiger charge is 2.24. The van der Waals surface area contributed by atoms with E-state index >= 15 is 0 Å². The number of carbonyl (C=O) groups excluding carboxylic acids is 2. The second kappa shape index (κ2) is 12.9. The zero-order valence-electron chi connectivity index (χ0n) is 21.5. The number of Topliss-reactive ketones (excluding diaryl/α,β-unsaturated/α-hetero) is 1. The molecule has 0 bridgehead atoms. The van der Waals surface area contributed by atoms with E-state index < -0.39 is 15.9 Å². The Morgan fingerprint density at radius 1 is 0.946 bits per heavy atom. The third kappa shape index (κ3) is 8.59. The van der Waals surface area contributed by atoms with Crippen molar-refractivity contribution in [2.24, 2.45) is 13.0 Å². The first-order valence-electron chi connectivity index (χ1n) is 12.5. The van der Waals surface area contributed by atoms with Gasteiger partial charge in [0.25, 0.3) is 0 Å². The highest BCUT2D eigenvalue weighted by Crippen LogP contribution is 2.31. The van der Waals surface area contributed by atoms with Crippen LogP contribution in [-0.2, 0) is 34.7 Å². The highest BCUT2D eigenvalue weighted by molar-refractivity contribution is 7.89. The Balaban J connectivity index is 1.67. The number of aryl methyl sites for hydroxylation is 2. The summed E-state index contributed by atoms with van der Waals surface area (Å²) < 4.78 is 26.7. The minimum Gasteiger partial charge on any atom is -0.347 e. The molecule has 2 aromatic carbocycles. The van der Waals surface area contributed by atoms with Gasteiger partial charge in [0.05, 0.1) is 6.26 Å². The topological polar surface area (TPSA) is 85.2 Å². The number of rotatable bonds is 13. The van der Waals surface area contributed by atoms with Crippen LogP contribution in [0.15, 0.2) is 42.5 Å². The molecule has 1 N–H and O–H groups in total. The van der Waals surface area contributed by atoms with Gasteiger partial charge in [-0.15, -0.1) is 0 Å². The van der Waals surface area contributed by atoms with Gasteiger partial charge in [0.2, 0.25) is 15.9 Å². The molecule has 37 heavy (non-hydrogen) atoms. The second-order valence-corrected chi connectivity index (χ2v) is 12.4. The number of nitrogens with one attached hydrogen (secondary N) is 1. The first kappa shape index (κ1) is 29.2. The zero-order valence-corrected chi connectivity index (χ0v) is 23.8. The third-order valence-corrected chi connectivity index (χ3v) is 7.52. The van der Waals surface area contributed by atoms with Crippen LogP contribution >= 0.6 is 23.2 Å². The molecular formula is C28H34Cl2N2O4S. The normalized spacial score (nSPS) is 12.6. The molecule has 1 amide bonds. The molecule has 0 saturated carbocycles. The monoisotopic (exact) mass is 564 g/mol. The Bertz CT molecular complexity index is 1380.